The molecule has 3 aromatic carbocycles. The third-order valence-electron chi connectivity index (χ3n) is 4.42. The number of rotatable bonds is 7. The van der Waals surface area contributed by atoms with E-state index in [2.05, 4.69) is 34.5 Å². The molecule has 1 atom stereocenters. The highest BCUT2D eigenvalue weighted by Crippen LogP contribution is 2.20. The van der Waals surface area contributed by atoms with Crippen LogP contribution in [0.15, 0.2) is 84.9 Å². The minimum absolute atomic E-state index is 0. The van der Waals surface area contributed by atoms with E-state index < -0.39 is 0 Å². The quantitative estimate of drug-likeness (QED) is 0.529. The molecular formula is C23H26Cl2N2O. The standard InChI is InChI=1S/C23H24N2O.2ClH/c1-25(2)21-15-13-18(14-16-21)17-24-22(19-9-5-3-6-10-19)23(26)20-11-7-4-8-12-20;;/h3-16,22,24H,17H2,1-2H3;2*1H. The smallest absolute Gasteiger partial charge is 0.184 e. The van der Waals surface area contributed by atoms with Gasteiger partial charge in [-0.25, -0.2) is 0 Å². The Morgan fingerprint density at radius 3 is 1.89 bits per heavy atom. The fraction of sp³-hybridized carbons (Fsp3) is 0.174. The summed E-state index contributed by atoms with van der Waals surface area (Å²) in [6, 6.07) is 27.3. The molecule has 0 heterocycles. The topological polar surface area (TPSA) is 32.3 Å². The van der Waals surface area contributed by atoms with Gasteiger partial charge in [-0.15, -0.1) is 24.8 Å². The van der Waals surface area contributed by atoms with Crippen LogP contribution >= 0.6 is 24.8 Å². The second-order valence-corrected chi connectivity index (χ2v) is 6.52. The second kappa shape index (κ2) is 11.5. The number of carbonyl (C=O) groups is 1. The van der Waals surface area contributed by atoms with Crippen LogP contribution in [0.1, 0.15) is 27.5 Å². The van der Waals surface area contributed by atoms with Gasteiger partial charge in [0.05, 0.1) is 6.04 Å². The summed E-state index contributed by atoms with van der Waals surface area (Å²) in [5.74, 6) is 0.0849. The van der Waals surface area contributed by atoms with Crippen LogP contribution in [0.4, 0.5) is 5.69 Å². The molecule has 0 fully saturated rings. The number of carbonyl (C=O) groups excluding carboxylic acids is 1. The third kappa shape index (κ3) is 6.10. The number of benzene rings is 3. The van der Waals surface area contributed by atoms with Crippen LogP contribution in [0, 0.1) is 0 Å². The average molecular weight is 417 g/mol. The SMILES string of the molecule is CN(C)c1ccc(CNC(C(=O)c2ccccc2)c2ccccc2)cc1.Cl.Cl. The molecule has 0 amide bonds. The van der Waals surface area contributed by atoms with Crippen LogP contribution in [0.5, 0.6) is 0 Å². The lowest BCUT2D eigenvalue weighted by atomic mass is 9.97. The van der Waals surface area contributed by atoms with Gasteiger partial charge >= 0.3 is 0 Å². The number of halogens is 2. The van der Waals surface area contributed by atoms with Crippen LogP contribution in [0.2, 0.25) is 0 Å². The molecule has 3 rings (SSSR count). The van der Waals surface area contributed by atoms with Crippen molar-refractivity contribution in [2.45, 2.75) is 12.6 Å². The molecule has 3 nitrogen and oxygen atoms in total. The maximum atomic E-state index is 13.0. The molecule has 148 valence electrons. The lowest BCUT2D eigenvalue weighted by Gasteiger charge is -2.19. The van der Waals surface area contributed by atoms with Crippen molar-refractivity contribution < 1.29 is 4.79 Å². The Morgan fingerprint density at radius 2 is 1.36 bits per heavy atom. The first-order valence-electron chi connectivity index (χ1n) is 8.79. The predicted octanol–water partition coefficient (Wildman–Crippen LogP) is 5.31. The van der Waals surface area contributed by atoms with E-state index in [1.54, 1.807) is 0 Å². The van der Waals surface area contributed by atoms with E-state index in [9.17, 15) is 4.79 Å². The molecule has 1 unspecified atom stereocenters. The first-order valence-corrected chi connectivity index (χ1v) is 8.79. The average Bonchev–Trinajstić information content (AvgIpc) is 2.70. The van der Waals surface area contributed by atoms with Crippen molar-refractivity contribution in [3.05, 3.63) is 102 Å². The Bertz CT molecular complexity index is 837. The first-order chi connectivity index (χ1) is 12.6. The number of ketones is 1. The highest BCUT2D eigenvalue weighted by atomic mass is 35.5. The van der Waals surface area contributed by atoms with Gasteiger partial charge in [-0.3, -0.25) is 10.1 Å². The summed E-state index contributed by atoms with van der Waals surface area (Å²) in [5.41, 5.74) is 4.01. The number of Topliss-reactive ketones (excluding diaryl/α,β-unsaturated/α-hetero) is 1. The van der Waals surface area contributed by atoms with Gasteiger partial charge in [0.25, 0.3) is 0 Å². The number of nitrogens with zero attached hydrogens (tertiary/aromatic N) is 1. The maximum absolute atomic E-state index is 13.0. The molecular weight excluding hydrogens is 391 g/mol. The Hall–Kier alpha value is -2.33. The van der Waals surface area contributed by atoms with Gasteiger partial charge in [-0.2, -0.15) is 0 Å². The van der Waals surface area contributed by atoms with Crippen molar-refractivity contribution in [3.8, 4) is 0 Å². The summed E-state index contributed by atoms with van der Waals surface area (Å²) < 4.78 is 0. The Morgan fingerprint density at radius 1 is 0.821 bits per heavy atom. The van der Waals surface area contributed by atoms with E-state index in [0.717, 1.165) is 22.4 Å². The van der Waals surface area contributed by atoms with Crippen molar-refractivity contribution in [3.63, 3.8) is 0 Å². The van der Waals surface area contributed by atoms with Crippen LogP contribution in [0.25, 0.3) is 0 Å². The number of anilines is 1. The minimum Gasteiger partial charge on any atom is -0.378 e. The van der Waals surface area contributed by atoms with E-state index in [4.69, 9.17) is 0 Å². The molecule has 0 saturated heterocycles. The second-order valence-electron chi connectivity index (χ2n) is 6.52. The van der Waals surface area contributed by atoms with Crippen LogP contribution in [0.3, 0.4) is 0 Å². The predicted molar refractivity (Wildman–Crippen MR) is 122 cm³/mol. The van der Waals surface area contributed by atoms with Crippen LogP contribution in [-0.4, -0.2) is 19.9 Å². The summed E-state index contributed by atoms with van der Waals surface area (Å²) in [6.45, 7) is 0.631. The molecule has 5 heteroatoms. The van der Waals surface area contributed by atoms with Crippen LogP contribution in [-0.2, 0) is 6.54 Å². The minimum atomic E-state index is -0.368. The fourth-order valence-electron chi connectivity index (χ4n) is 2.91. The molecule has 0 aliphatic rings. The zero-order chi connectivity index (χ0) is 18.4. The molecule has 3 aromatic rings. The first kappa shape index (κ1) is 23.7. The normalized spacial score (nSPS) is 10.9. The molecule has 0 bridgehead atoms. The van der Waals surface area contributed by atoms with E-state index in [1.807, 2.05) is 74.8 Å². The van der Waals surface area contributed by atoms with Gasteiger partial charge in [-0.1, -0.05) is 72.8 Å². The summed E-state index contributed by atoms with van der Waals surface area (Å²) in [5, 5.41) is 3.44. The highest BCUT2D eigenvalue weighted by molar-refractivity contribution is 6.00. The van der Waals surface area contributed by atoms with Crippen molar-refractivity contribution in [2.24, 2.45) is 0 Å². The molecule has 0 spiro atoms. The number of hydrogen-bond acceptors (Lipinski definition) is 3. The monoisotopic (exact) mass is 416 g/mol. The molecule has 0 aromatic heterocycles. The number of nitrogens with one attached hydrogen (secondary N) is 1. The molecule has 1 N–H and O–H groups in total. The summed E-state index contributed by atoms with van der Waals surface area (Å²) in [4.78, 5) is 15.1. The lowest BCUT2D eigenvalue weighted by Crippen LogP contribution is -2.28. The maximum Gasteiger partial charge on any atom is 0.184 e. The summed E-state index contributed by atoms with van der Waals surface area (Å²) in [7, 11) is 4.05. The molecule has 28 heavy (non-hydrogen) atoms. The Balaban J connectivity index is 0.00000196. The molecule has 0 saturated carbocycles. The van der Waals surface area contributed by atoms with Crippen molar-refractivity contribution in [1.82, 2.24) is 5.32 Å². The van der Waals surface area contributed by atoms with Gasteiger partial charge in [0.15, 0.2) is 5.78 Å². The van der Waals surface area contributed by atoms with Gasteiger partial charge in [0.2, 0.25) is 0 Å². The third-order valence-corrected chi connectivity index (χ3v) is 4.42. The van der Waals surface area contributed by atoms with E-state index >= 15 is 0 Å². The highest BCUT2D eigenvalue weighted by Gasteiger charge is 2.21. The zero-order valence-electron chi connectivity index (χ0n) is 16.0. The molecule has 0 radical (unpaired) electrons. The van der Waals surface area contributed by atoms with E-state index in [0.29, 0.717) is 6.54 Å². The number of hydrogen-bond donors (Lipinski definition) is 1. The van der Waals surface area contributed by atoms with Gasteiger partial charge in [-0.05, 0) is 23.3 Å². The van der Waals surface area contributed by atoms with Gasteiger partial charge in [0, 0.05) is 31.9 Å². The fourth-order valence-corrected chi connectivity index (χ4v) is 2.91. The zero-order valence-corrected chi connectivity index (χ0v) is 17.7. The molecule has 0 aliphatic carbocycles. The van der Waals surface area contributed by atoms with Crippen LogP contribution < -0.4 is 10.2 Å². The van der Waals surface area contributed by atoms with E-state index in [1.165, 1.54) is 0 Å². The summed E-state index contributed by atoms with van der Waals surface area (Å²) in [6.07, 6.45) is 0. The summed E-state index contributed by atoms with van der Waals surface area (Å²) >= 11 is 0. The Kier molecular flexibility index (Phi) is 9.74. The molecule has 0 aliphatic heterocycles. The van der Waals surface area contributed by atoms with Gasteiger partial charge in [0.1, 0.15) is 0 Å². The van der Waals surface area contributed by atoms with E-state index in [-0.39, 0.29) is 36.6 Å². The Labute approximate surface area is 179 Å². The van der Waals surface area contributed by atoms with Crippen molar-refractivity contribution >= 4 is 36.3 Å². The van der Waals surface area contributed by atoms with Gasteiger partial charge < -0.3 is 4.90 Å². The van der Waals surface area contributed by atoms with Crippen molar-refractivity contribution in [1.29, 1.82) is 0 Å². The lowest BCUT2D eigenvalue weighted by molar-refractivity contribution is 0.0942. The largest absolute Gasteiger partial charge is 0.378 e. The van der Waals surface area contributed by atoms with Crippen molar-refractivity contribution in [2.75, 3.05) is 19.0 Å².